The highest BCUT2D eigenvalue weighted by molar-refractivity contribution is 5.12. The summed E-state index contributed by atoms with van der Waals surface area (Å²) in [6, 6.07) is 2.29. The Labute approximate surface area is 125 Å². The summed E-state index contributed by atoms with van der Waals surface area (Å²) < 4.78 is 12.2. The molecule has 1 spiro atoms. The first-order valence-electron chi connectivity index (χ1n) is 8.10. The summed E-state index contributed by atoms with van der Waals surface area (Å²) >= 11 is 0. The van der Waals surface area contributed by atoms with Gasteiger partial charge in [-0.15, -0.1) is 0 Å². The molecule has 8 atom stereocenters. The maximum Gasteiger partial charge on any atom is 0.201 e. The van der Waals surface area contributed by atoms with Crippen molar-refractivity contribution in [2.75, 3.05) is 0 Å². The predicted molar refractivity (Wildman–Crippen MR) is 72.4 cm³/mol. The summed E-state index contributed by atoms with van der Waals surface area (Å²) in [6.07, 6.45) is 3.13. The molecule has 0 radical (unpaired) electrons. The summed E-state index contributed by atoms with van der Waals surface area (Å²) in [7, 11) is 0. The molecule has 0 aromatic carbocycles. The van der Waals surface area contributed by atoms with Crippen LogP contribution in [-0.2, 0) is 19.2 Å². The molecule has 0 aromatic rings. The molecule has 4 saturated heterocycles. The van der Waals surface area contributed by atoms with Crippen molar-refractivity contribution >= 4 is 0 Å². The van der Waals surface area contributed by atoms with Crippen molar-refractivity contribution in [3.8, 4) is 6.07 Å². The SMILES string of the molecule is C[C@H]1[C@@H](C#N)O[C@@H]2O[C@@]3(C)CC[C@H]4[C@H](C)CC[C@@H]1[C@@]24OO3. The normalized spacial score (nSPS) is 59.0. The average molecular weight is 293 g/mol. The minimum atomic E-state index is -0.752. The number of hydrogen-bond donors (Lipinski definition) is 0. The molecule has 1 aliphatic carbocycles. The fourth-order valence-corrected chi connectivity index (χ4v) is 5.05. The zero-order chi connectivity index (χ0) is 14.8. The molecule has 5 aliphatic rings. The molecule has 5 heteroatoms. The van der Waals surface area contributed by atoms with Crippen LogP contribution in [0.5, 0.6) is 0 Å². The van der Waals surface area contributed by atoms with Gasteiger partial charge in [-0.05, 0) is 38.0 Å². The molecule has 5 nitrogen and oxygen atoms in total. The lowest BCUT2D eigenvalue weighted by Crippen LogP contribution is -2.70. The van der Waals surface area contributed by atoms with E-state index in [1.165, 1.54) is 6.42 Å². The van der Waals surface area contributed by atoms with E-state index in [-0.39, 0.29) is 11.8 Å². The first kappa shape index (κ1) is 14.0. The van der Waals surface area contributed by atoms with Crippen LogP contribution in [0.25, 0.3) is 0 Å². The third-order valence-corrected chi connectivity index (χ3v) is 6.29. The third kappa shape index (κ3) is 1.71. The van der Waals surface area contributed by atoms with Crippen LogP contribution in [0.2, 0.25) is 0 Å². The van der Waals surface area contributed by atoms with Crippen LogP contribution >= 0.6 is 0 Å². The van der Waals surface area contributed by atoms with Crippen molar-refractivity contribution in [2.45, 2.75) is 70.2 Å². The lowest BCUT2D eigenvalue weighted by Gasteiger charge is -2.59. The van der Waals surface area contributed by atoms with E-state index in [9.17, 15) is 5.26 Å². The Bertz CT molecular complexity index is 491. The Hall–Kier alpha value is -0.670. The zero-order valence-electron chi connectivity index (χ0n) is 12.9. The van der Waals surface area contributed by atoms with Crippen LogP contribution in [0, 0.1) is 35.0 Å². The van der Waals surface area contributed by atoms with E-state index in [1.54, 1.807) is 0 Å². The molecule has 0 unspecified atom stereocenters. The number of nitriles is 1. The van der Waals surface area contributed by atoms with E-state index in [0.717, 1.165) is 19.3 Å². The summed E-state index contributed by atoms with van der Waals surface area (Å²) in [6.45, 7) is 6.29. The fraction of sp³-hybridized carbons (Fsp3) is 0.938. The fourth-order valence-electron chi connectivity index (χ4n) is 5.05. The van der Waals surface area contributed by atoms with E-state index in [2.05, 4.69) is 19.9 Å². The summed E-state index contributed by atoms with van der Waals surface area (Å²) in [5.74, 6) is 0.567. The first-order valence-corrected chi connectivity index (χ1v) is 8.10. The lowest BCUT2D eigenvalue weighted by atomic mass is 9.57. The summed E-state index contributed by atoms with van der Waals surface area (Å²) in [4.78, 5) is 11.7. The topological polar surface area (TPSA) is 60.7 Å². The van der Waals surface area contributed by atoms with Gasteiger partial charge in [-0.2, -0.15) is 5.26 Å². The van der Waals surface area contributed by atoms with Crippen LogP contribution < -0.4 is 0 Å². The van der Waals surface area contributed by atoms with Crippen LogP contribution in [0.3, 0.4) is 0 Å². The molecule has 1 saturated carbocycles. The van der Waals surface area contributed by atoms with Gasteiger partial charge < -0.3 is 9.47 Å². The first-order chi connectivity index (χ1) is 10.00. The van der Waals surface area contributed by atoms with Gasteiger partial charge in [0.2, 0.25) is 5.79 Å². The number of nitrogens with zero attached hydrogens (tertiary/aromatic N) is 1. The second kappa shape index (κ2) is 4.42. The van der Waals surface area contributed by atoms with Crippen molar-refractivity contribution in [1.82, 2.24) is 0 Å². The Kier molecular flexibility index (Phi) is 2.94. The number of fused-ring (bicyclic) bond motifs is 2. The van der Waals surface area contributed by atoms with Crippen LogP contribution in [0.4, 0.5) is 0 Å². The molecule has 2 bridgehead atoms. The van der Waals surface area contributed by atoms with Crippen molar-refractivity contribution < 1.29 is 19.2 Å². The van der Waals surface area contributed by atoms with Gasteiger partial charge in [0, 0.05) is 18.3 Å². The van der Waals surface area contributed by atoms with Gasteiger partial charge in [0.05, 0.1) is 6.07 Å². The molecule has 4 aliphatic heterocycles. The third-order valence-electron chi connectivity index (χ3n) is 6.29. The quantitative estimate of drug-likeness (QED) is 0.643. The van der Waals surface area contributed by atoms with Crippen molar-refractivity contribution in [1.29, 1.82) is 5.26 Å². The van der Waals surface area contributed by atoms with Crippen LogP contribution in [0.15, 0.2) is 0 Å². The molecule has 0 amide bonds. The number of hydrogen-bond acceptors (Lipinski definition) is 5. The highest BCUT2D eigenvalue weighted by Gasteiger charge is 2.69. The van der Waals surface area contributed by atoms with Gasteiger partial charge in [-0.25, -0.2) is 9.78 Å². The van der Waals surface area contributed by atoms with Crippen LogP contribution in [-0.4, -0.2) is 23.8 Å². The monoisotopic (exact) mass is 293 g/mol. The van der Waals surface area contributed by atoms with Gasteiger partial charge in [0.15, 0.2) is 11.9 Å². The maximum absolute atomic E-state index is 9.40. The van der Waals surface area contributed by atoms with E-state index >= 15 is 0 Å². The van der Waals surface area contributed by atoms with Crippen molar-refractivity contribution in [3.05, 3.63) is 0 Å². The Balaban J connectivity index is 1.82. The Morgan fingerprint density at radius 1 is 1.10 bits per heavy atom. The molecular formula is C16H23NO4. The minimum Gasteiger partial charge on any atom is -0.331 e. The van der Waals surface area contributed by atoms with Gasteiger partial charge in [-0.3, -0.25) is 0 Å². The van der Waals surface area contributed by atoms with Crippen molar-refractivity contribution in [3.63, 3.8) is 0 Å². The largest absolute Gasteiger partial charge is 0.331 e. The minimum absolute atomic E-state index is 0.135. The summed E-state index contributed by atoms with van der Waals surface area (Å²) in [5.41, 5.74) is -0.541. The second-order valence-corrected chi connectivity index (χ2v) is 7.46. The van der Waals surface area contributed by atoms with Gasteiger partial charge >= 0.3 is 0 Å². The highest BCUT2D eigenvalue weighted by atomic mass is 17.3. The zero-order valence-corrected chi connectivity index (χ0v) is 12.9. The standard InChI is InChI=1S/C16H23NO4/c1-9-4-5-12-10(2)13(8-17)18-14-16(12)11(9)6-7-15(3,19-14)20-21-16/h9-14H,4-7H2,1-3H3/t9-,10-,11+,12+,13-,14-,15-,16-/m1/s1. The van der Waals surface area contributed by atoms with Crippen molar-refractivity contribution in [2.24, 2.45) is 23.7 Å². The molecule has 4 heterocycles. The predicted octanol–water partition coefficient (Wildman–Crippen LogP) is 2.76. The molecular weight excluding hydrogens is 270 g/mol. The van der Waals surface area contributed by atoms with Crippen LogP contribution in [0.1, 0.15) is 46.5 Å². The van der Waals surface area contributed by atoms with Gasteiger partial charge in [0.1, 0.15) is 6.10 Å². The van der Waals surface area contributed by atoms with Gasteiger partial charge in [0.25, 0.3) is 0 Å². The molecule has 5 fully saturated rings. The van der Waals surface area contributed by atoms with Gasteiger partial charge in [-0.1, -0.05) is 13.8 Å². The molecule has 21 heavy (non-hydrogen) atoms. The number of ether oxygens (including phenoxy) is 2. The summed E-state index contributed by atoms with van der Waals surface area (Å²) in [5, 5.41) is 9.40. The van der Waals surface area contributed by atoms with E-state index in [1.807, 2.05) is 6.92 Å². The molecule has 0 N–H and O–H groups in total. The van der Waals surface area contributed by atoms with E-state index in [0.29, 0.717) is 11.8 Å². The lowest BCUT2D eigenvalue weighted by molar-refractivity contribution is -0.569. The molecule has 116 valence electrons. The molecule has 5 rings (SSSR count). The number of rotatable bonds is 0. The second-order valence-electron chi connectivity index (χ2n) is 7.46. The Morgan fingerprint density at radius 3 is 2.67 bits per heavy atom. The highest BCUT2D eigenvalue weighted by Crippen LogP contribution is 2.60. The van der Waals surface area contributed by atoms with E-state index in [4.69, 9.17) is 19.2 Å². The maximum atomic E-state index is 9.40. The van der Waals surface area contributed by atoms with E-state index < -0.39 is 23.8 Å². The Morgan fingerprint density at radius 2 is 1.90 bits per heavy atom. The molecule has 0 aromatic heterocycles. The average Bonchev–Trinajstić information content (AvgIpc) is 2.69. The smallest absolute Gasteiger partial charge is 0.201 e.